The van der Waals surface area contributed by atoms with Crippen molar-refractivity contribution in [3.05, 3.63) is 53.9 Å². The number of ether oxygens (including phenoxy) is 2. The van der Waals surface area contributed by atoms with Gasteiger partial charge in [0.05, 0.1) is 24.7 Å². The smallest absolute Gasteiger partial charge is 0.243 e. The summed E-state index contributed by atoms with van der Waals surface area (Å²) in [6.45, 7) is 0.224. The van der Waals surface area contributed by atoms with E-state index in [4.69, 9.17) is 14.0 Å². The third-order valence-electron chi connectivity index (χ3n) is 6.08. The number of sulfonamides is 1. The standard InChI is InChI=1S/C24H29N3O5S/c1-27(16-17-9-11-19(30-2)12-10-17)33(28,29)20-13-14-22(31-3)21(15-20)23-25-24(32-26-23)18-7-5-4-6-8-18/h9-15,18H,4-8,16H2,1-3H3. The van der Waals surface area contributed by atoms with Gasteiger partial charge in [0.1, 0.15) is 11.5 Å². The molecule has 0 bridgehead atoms. The number of aromatic nitrogens is 2. The molecule has 1 aliphatic carbocycles. The summed E-state index contributed by atoms with van der Waals surface area (Å²) in [4.78, 5) is 4.72. The van der Waals surface area contributed by atoms with E-state index in [9.17, 15) is 8.42 Å². The summed E-state index contributed by atoms with van der Waals surface area (Å²) in [5.41, 5.74) is 1.34. The van der Waals surface area contributed by atoms with E-state index in [0.717, 1.165) is 37.0 Å². The Morgan fingerprint density at radius 2 is 1.76 bits per heavy atom. The van der Waals surface area contributed by atoms with Crippen LogP contribution in [0.1, 0.15) is 49.5 Å². The Morgan fingerprint density at radius 1 is 1.03 bits per heavy atom. The molecule has 0 N–H and O–H groups in total. The topological polar surface area (TPSA) is 94.8 Å². The van der Waals surface area contributed by atoms with Gasteiger partial charge in [-0.3, -0.25) is 0 Å². The maximum Gasteiger partial charge on any atom is 0.243 e. The van der Waals surface area contributed by atoms with Crippen molar-refractivity contribution in [3.8, 4) is 22.9 Å². The predicted octanol–water partition coefficient (Wildman–Crippen LogP) is 4.62. The van der Waals surface area contributed by atoms with Gasteiger partial charge in [-0.2, -0.15) is 9.29 Å². The van der Waals surface area contributed by atoms with Crippen LogP contribution in [0.2, 0.25) is 0 Å². The van der Waals surface area contributed by atoms with Gasteiger partial charge in [-0.05, 0) is 48.7 Å². The van der Waals surface area contributed by atoms with E-state index < -0.39 is 10.0 Å². The Balaban J connectivity index is 1.60. The van der Waals surface area contributed by atoms with Crippen LogP contribution in [0.3, 0.4) is 0 Å². The molecule has 0 atom stereocenters. The molecule has 1 aromatic heterocycles. The van der Waals surface area contributed by atoms with Gasteiger partial charge in [-0.1, -0.05) is 36.6 Å². The number of nitrogens with zero attached hydrogens (tertiary/aromatic N) is 3. The lowest BCUT2D eigenvalue weighted by Crippen LogP contribution is -2.26. The highest BCUT2D eigenvalue weighted by Gasteiger charge is 2.26. The van der Waals surface area contributed by atoms with Gasteiger partial charge in [0.2, 0.25) is 21.7 Å². The summed E-state index contributed by atoms with van der Waals surface area (Å²) in [7, 11) is 0.918. The van der Waals surface area contributed by atoms with E-state index in [2.05, 4.69) is 10.1 Å². The zero-order valence-electron chi connectivity index (χ0n) is 19.2. The third kappa shape index (κ3) is 5.04. The van der Waals surface area contributed by atoms with Crippen molar-refractivity contribution in [2.24, 2.45) is 0 Å². The first-order valence-electron chi connectivity index (χ1n) is 11.0. The highest BCUT2D eigenvalue weighted by molar-refractivity contribution is 7.89. The maximum absolute atomic E-state index is 13.3. The molecule has 0 aliphatic heterocycles. The first-order valence-corrected chi connectivity index (χ1v) is 12.5. The van der Waals surface area contributed by atoms with Crippen molar-refractivity contribution in [1.82, 2.24) is 14.4 Å². The van der Waals surface area contributed by atoms with Crippen molar-refractivity contribution < 1.29 is 22.4 Å². The van der Waals surface area contributed by atoms with E-state index >= 15 is 0 Å². The summed E-state index contributed by atoms with van der Waals surface area (Å²) in [6.07, 6.45) is 5.60. The number of hydrogen-bond acceptors (Lipinski definition) is 7. The van der Waals surface area contributed by atoms with Crippen molar-refractivity contribution in [3.63, 3.8) is 0 Å². The van der Waals surface area contributed by atoms with Gasteiger partial charge >= 0.3 is 0 Å². The summed E-state index contributed by atoms with van der Waals surface area (Å²) in [5, 5.41) is 4.14. The van der Waals surface area contributed by atoms with Crippen LogP contribution < -0.4 is 9.47 Å². The largest absolute Gasteiger partial charge is 0.497 e. The fraction of sp³-hybridized carbons (Fsp3) is 0.417. The van der Waals surface area contributed by atoms with Gasteiger partial charge in [0, 0.05) is 19.5 Å². The normalized spacial score (nSPS) is 15.0. The fourth-order valence-corrected chi connectivity index (χ4v) is 5.32. The molecule has 1 heterocycles. The lowest BCUT2D eigenvalue weighted by atomic mass is 9.89. The van der Waals surface area contributed by atoms with Crippen LogP contribution in [-0.2, 0) is 16.6 Å². The number of hydrogen-bond donors (Lipinski definition) is 0. The van der Waals surface area contributed by atoms with Crippen LogP contribution in [0.25, 0.3) is 11.4 Å². The molecule has 0 unspecified atom stereocenters. The van der Waals surface area contributed by atoms with Crippen LogP contribution in [0.5, 0.6) is 11.5 Å². The molecule has 0 amide bonds. The van der Waals surface area contributed by atoms with Crippen LogP contribution in [0.15, 0.2) is 51.9 Å². The molecular weight excluding hydrogens is 442 g/mol. The Hall–Kier alpha value is -2.91. The Bertz CT molecular complexity index is 1190. The van der Waals surface area contributed by atoms with Crippen LogP contribution in [-0.4, -0.2) is 44.1 Å². The minimum atomic E-state index is -3.76. The Kier molecular flexibility index (Phi) is 6.99. The zero-order valence-corrected chi connectivity index (χ0v) is 20.0. The van der Waals surface area contributed by atoms with Crippen molar-refractivity contribution in [2.75, 3.05) is 21.3 Å². The molecule has 2 aromatic carbocycles. The molecule has 0 saturated heterocycles. The molecule has 3 aromatic rings. The minimum absolute atomic E-state index is 0.137. The molecule has 0 radical (unpaired) electrons. The van der Waals surface area contributed by atoms with Crippen molar-refractivity contribution in [1.29, 1.82) is 0 Å². The fourth-order valence-electron chi connectivity index (χ4n) is 4.14. The monoisotopic (exact) mass is 471 g/mol. The highest BCUT2D eigenvalue weighted by Crippen LogP contribution is 2.35. The summed E-state index contributed by atoms with van der Waals surface area (Å²) >= 11 is 0. The van der Waals surface area contributed by atoms with Gasteiger partial charge < -0.3 is 14.0 Å². The molecule has 1 aliphatic rings. The lowest BCUT2D eigenvalue weighted by Gasteiger charge is -2.18. The van der Waals surface area contributed by atoms with Crippen molar-refractivity contribution in [2.45, 2.75) is 49.5 Å². The third-order valence-corrected chi connectivity index (χ3v) is 7.88. The number of rotatable bonds is 8. The zero-order chi connectivity index (χ0) is 23.4. The Morgan fingerprint density at radius 3 is 2.42 bits per heavy atom. The molecule has 4 rings (SSSR count). The van der Waals surface area contributed by atoms with Crippen LogP contribution in [0.4, 0.5) is 0 Å². The summed E-state index contributed by atoms with van der Waals surface area (Å²) in [5.74, 6) is 2.41. The lowest BCUT2D eigenvalue weighted by molar-refractivity contribution is 0.314. The molecule has 9 heteroatoms. The molecule has 8 nitrogen and oxygen atoms in total. The molecule has 176 valence electrons. The second kappa shape index (κ2) is 9.93. The van der Waals surface area contributed by atoms with E-state index in [-0.39, 0.29) is 17.4 Å². The first kappa shape index (κ1) is 23.3. The Labute approximate surface area is 194 Å². The first-order chi connectivity index (χ1) is 15.9. The molecule has 33 heavy (non-hydrogen) atoms. The van der Waals surface area contributed by atoms with Gasteiger partial charge in [-0.15, -0.1) is 0 Å². The molecule has 1 saturated carbocycles. The van der Waals surface area contributed by atoms with Gasteiger partial charge in [0.25, 0.3) is 0 Å². The quantitative estimate of drug-likeness (QED) is 0.473. The second-order valence-corrected chi connectivity index (χ2v) is 10.3. The van der Waals surface area contributed by atoms with Gasteiger partial charge in [-0.25, -0.2) is 8.42 Å². The minimum Gasteiger partial charge on any atom is -0.497 e. The number of benzene rings is 2. The van der Waals surface area contributed by atoms with E-state index in [1.807, 2.05) is 12.1 Å². The number of methoxy groups -OCH3 is 2. The highest BCUT2D eigenvalue weighted by atomic mass is 32.2. The predicted molar refractivity (Wildman–Crippen MR) is 124 cm³/mol. The SMILES string of the molecule is COc1ccc(CN(C)S(=O)(=O)c2ccc(OC)c(-c3noc(C4CCCCC4)n3)c2)cc1. The summed E-state index contributed by atoms with van der Waals surface area (Å²) < 4.78 is 44.1. The van der Waals surface area contributed by atoms with E-state index in [0.29, 0.717) is 23.0 Å². The van der Waals surface area contributed by atoms with Gasteiger partial charge in [0.15, 0.2) is 0 Å². The van der Waals surface area contributed by atoms with Crippen LogP contribution >= 0.6 is 0 Å². The van der Waals surface area contributed by atoms with Crippen molar-refractivity contribution >= 4 is 10.0 Å². The maximum atomic E-state index is 13.3. The van der Waals surface area contributed by atoms with E-state index in [1.54, 1.807) is 38.4 Å². The average Bonchev–Trinajstić information content (AvgIpc) is 3.35. The second-order valence-electron chi connectivity index (χ2n) is 8.26. The van der Waals surface area contributed by atoms with Crippen LogP contribution in [0, 0.1) is 0 Å². The molecular formula is C24H29N3O5S. The average molecular weight is 472 g/mol. The summed E-state index contributed by atoms with van der Waals surface area (Å²) in [6, 6.07) is 12.0. The molecule has 0 spiro atoms. The van der Waals surface area contributed by atoms with E-state index in [1.165, 1.54) is 23.9 Å². The molecule has 1 fully saturated rings.